The van der Waals surface area contributed by atoms with E-state index >= 15 is 0 Å². The molecular formula is C17H17F6N3O2. The van der Waals surface area contributed by atoms with Gasteiger partial charge in [-0.05, 0) is 18.9 Å². The van der Waals surface area contributed by atoms with Crippen LogP contribution in [0.25, 0.3) is 11.4 Å². The van der Waals surface area contributed by atoms with Crippen molar-refractivity contribution in [2.45, 2.75) is 51.6 Å². The van der Waals surface area contributed by atoms with Crippen molar-refractivity contribution in [3.05, 3.63) is 35.7 Å². The van der Waals surface area contributed by atoms with Crippen LogP contribution in [-0.4, -0.2) is 33.2 Å². The average molecular weight is 409 g/mol. The zero-order valence-corrected chi connectivity index (χ0v) is 14.9. The summed E-state index contributed by atoms with van der Waals surface area (Å²) < 4.78 is 79.3. The van der Waals surface area contributed by atoms with Crippen LogP contribution in [0.4, 0.5) is 26.3 Å². The normalized spacial score (nSPS) is 13.4. The maximum Gasteiger partial charge on any atom is 0.471 e. The molecule has 1 aromatic heterocycles. The van der Waals surface area contributed by atoms with Gasteiger partial charge in [-0.25, -0.2) is 0 Å². The van der Waals surface area contributed by atoms with E-state index in [1.807, 2.05) is 0 Å². The third-order valence-corrected chi connectivity index (χ3v) is 4.03. The molecule has 0 aliphatic heterocycles. The van der Waals surface area contributed by atoms with Gasteiger partial charge in [0.2, 0.25) is 11.7 Å². The van der Waals surface area contributed by atoms with E-state index in [-0.39, 0.29) is 17.9 Å². The van der Waals surface area contributed by atoms with E-state index < -0.39 is 36.6 Å². The number of halogens is 6. The van der Waals surface area contributed by atoms with Crippen molar-refractivity contribution in [3.63, 3.8) is 0 Å². The van der Waals surface area contributed by atoms with Crippen molar-refractivity contribution in [1.82, 2.24) is 15.0 Å². The van der Waals surface area contributed by atoms with Crippen LogP contribution in [0.15, 0.2) is 28.8 Å². The number of carbonyl (C=O) groups excluding carboxylic acids is 1. The number of hydrogen-bond acceptors (Lipinski definition) is 4. The Labute approximate surface area is 156 Å². The van der Waals surface area contributed by atoms with Gasteiger partial charge in [-0.15, -0.1) is 0 Å². The molecule has 0 radical (unpaired) electrons. The molecule has 0 saturated carbocycles. The summed E-state index contributed by atoms with van der Waals surface area (Å²) in [5, 5.41) is 3.26. The minimum absolute atomic E-state index is 0.0652. The first kappa shape index (κ1) is 21.7. The standard InChI is InChI=1S/C17H17F6N3O2/c1-3-10(2)26(13(27)8-16(18,19)20)9-11-4-6-12(7-5-11)14-24-15(28-25-14)17(21,22)23/h4-7,10H,3,8-9H2,1-2H3. The molecule has 2 aromatic rings. The molecule has 0 saturated heterocycles. The van der Waals surface area contributed by atoms with Crippen LogP contribution >= 0.6 is 0 Å². The first-order valence-electron chi connectivity index (χ1n) is 8.27. The molecule has 0 aliphatic carbocycles. The largest absolute Gasteiger partial charge is 0.471 e. The fraction of sp³-hybridized carbons (Fsp3) is 0.471. The predicted octanol–water partition coefficient (Wildman–Crippen LogP) is 4.83. The molecule has 2 rings (SSSR count). The van der Waals surface area contributed by atoms with E-state index in [0.717, 1.165) is 4.90 Å². The smallest absolute Gasteiger partial charge is 0.335 e. The lowest BCUT2D eigenvalue weighted by molar-refractivity contribution is -0.163. The molecule has 0 bridgehead atoms. The van der Waals surface area contributed by atoms with Crippen LogP contribution in [0.1, 0.15) is 38.1 Å². The second-order valence-corrected chi connectivity index (χ2v) is 6.19. The quantitative estimate of drug-likeness (QED) is 0.641. The van der Waals surface area contributed by atoms with Gasteiger partial charge in [-0.1, -0.05) is 36.3 Å². The van der Waals surface area contributed by atoms with Crippen LogP contribution in [0.2, 0.25) is 0 Å². The Hall–Kier alpha value is -2.59. The second-order valence-electron chi connectivity index (χ2n) is 6.19. The Morgan fingerprint density at radius 2 is 1.75 bits per heavy atom. The number of rotatable bonds is 6. The minimum Gasteiger partial charge on any atom is -0.335 e. The fourth-order valence-corrected chi connectivity index (χ4v) is 2.40. The maximum absolute atomic E-state index is 12.5. The molecule has 0 fully saturated rings. The number of amides is 1. The van der Waals surface area contributed by atoms with E-state index in [1.54, 1.807) is 13.8 Å². The van der Waals surface area contributed by atoms with Gasteiger partial charge < -0.3 is 9.42 Å². The lowest BCUT2D eigenvalue weighted by Crippen LogP contribution is -2.39. The Morgan fingerprint density at radius 3 is 2.21 bits per heavy atom. The molecule has 1 unspecified atom stereocenters. The van der Waals surface area contributed by atoms with Crippen molar-refractivity contribution in [2.75, 3.05) is 0 Å². The van der Waals surface area contributed by atoms with Gasteiger partial charge in [0.1, 0.15) is 6.42 Å². The van der Waals surface area contributed by atoms with E-state index in [9.17, 15) is 31.1 Å². The lowest BCUT2D eigenvalue weighted by Gasteiger charge is -2.29. The second kappa shape index (κ2) is 8.19. The molecule has 0 spiro atoms. The van der Waals surface area contributed by atoms with Crippen LogP contribution < -0.4 is 0 Å². The van der Waals surface area contributed by atoms with Crippen LogP contribution in [0.5, 0.6) is 0 Å². The SMILES string of the molecule is CCC(C)N(Cc1ccc(-c2noc(C(F)(F)F)n2)cc1)C(=O)CC(F)(F)F. The van der Waals surface area contributed by atoms with Crippen LogP contribution in [0.3, 0.4) is 0 Å². The molecule has 5 nitrogen and oxygen atoms in total. The van der Waals surface area contributed by atoms with E-state index in [1.165, 1.54) is 24.3 Å². The van der Waals surface area contributed by atoms with Crippen LogP contribution in [-0.2, 0) is 17.5 Å². The Balaban J connectivity index is 2.16. The Kier molecular flexibility index (Phi) is 6.35. The first-order chi connectivity index (χ1) is 12.9. The molecule has 154 valence electrons. The zero-order valence-electron chi connectivity index (χ0n) is 14.9. The molecule has 11 heteroatoms. The number of nitrogens with zero attached hydrogens (tertiary/aromatic N) is 3. The van der Waals surface area contributed by atoms with Gasteiger partial charge in [0.25, 0.3) is 0 Å². The summed E-state index contributed by atoms with van der Waals surface area (Å²) in [5.41, 5.74) is 0.749. The van der Waals surface area contributed by atoms with E-state index in [4.69, 9.17) is 0 Å². The maximum atomic E-state index is 12.5. The molecule has 28 heavy (non-hydrogen) atoms. The summed E-state index contributed by atoms with van der Waals surface area (Å²) in [4.78, 5) is 16.4. The van der Waals surface area contributed by atoms with Crippen molar-refractivity contribution in [3.8, 4) is 11.4 Å². The Bertz CT molecular complexity index is 798. The summed E-state index contributed by atoms with van der Waals surface area (Å²) >= 11 is 0. The molecule has 0 aliphatic rings. The number of hydrogen-bond donors (Lipinski definition) is 0. The summed E-state index contributed by atoms with van der Waals surface area (Å²) in [6.07, 6.45) is -10.5. The minimum atomic E-state index is -4.76. The molecule has 1 heterocycles. The topological polar surface area (TPSA) is 59.2 Å². The average Bonchev–Trinajstić information content (AvgIpc) is 3.08. The Morgan fingerprint density at radius 1 is 1.14 bits per heavy atom. The molecule has 0 N–H and O–H groups in total. The molecular weight excluding hydrogens is 392 g/mol. The highest BCUT2D eigenvalue weighted by atomic mass is 19.4. The third kappa shape index (κ3) is 5.70. The van der Waals surface area contributed by atoms with Gasteiger partial charge >= 0.3 is 18.2 Å². The number of benzene rings is 1. The third-order valence-electron chi connectivity index (χ3n) is 4.03. The van der Waals surface area contributed by atoms with Gasteiger partial charge in [0.05, 0.1) is 0 Å². The predicted molar refractivity (Wildman–Crippen MR) is 85.7 cm³/mol. The van der Waals surface area contributed by atoms with Gasteiger partial charge in [0, 0.05) is 18.2 Å². The number of alkyl halides is 6. The van der Waals surface area contributed by atoms with E-state index in [2.05, 4.69) is 14.7 Å². The first-order valence-corrected chi connectivity index (χ1v) is 8.27. The highest BCUT2D eigenvalue weighted by Gasteiger charge is 2.38. The highest BCUT2D eigenvalue weighted by molar-refractivity contribution is 5.77. The zero-order chi connectivity index (χ0) is 21.1. The van der Waals surface area contributed by atoms with Crippen molar-refractivity contribution in [1.29, 1.82) is 0 Å². The monoisotopic (exact) mass is 409 g/mol. The summed E-state index contributed by atoms with van der Waals surface area (Å²) in [7, 11) is 0. The fourth-order valence-electron chi connectivity index (χ4n) is 2.40. The molecule has 1 amide bonds. The number of aromatic nitrogens is 2. The highest BCUT2D eigenvalue weighted by Crippen LogP contribution is 2.29. The lowest BCUT2D eigenvalue weighted by atomic mass is 10.1. The molecule has 1 atom stereocenters. The number of carbonyl (C=O) groups is 1. The summed E-state index contributed by atoms with van der Waals surface area (Å²) in [5.74, 6) is -2.79. The van der Waals surface area contributed by atoms with Gasteiger partial charge in [-0.3, -0.25) is 4.79 Å². The van der Waals surface area contributed by atoms with Crippen LogP contribution in [0, 0.1) is 0 Å². The van der Waals surface area contributed by atoms with Gasteiger partial charge in [0.15, 0.2) is 0 Å². The van der Waals surface area contributed by atoms with E-state index in [0.29, 0.717) is 12.0 Å². The molecule has 1 aromatic carbocycles. The summed E-state index contributed by atoms with van der Waals surface area (Å²) in [6.45, 7) is 3.32. The van der Waals surface area contributed by atoms with Crippen molar-refractivity contribution >= 4 is 5.91 Å². The van der Waals surface area contributed by atoms with Crippen molar-refractivity contribution in [2.24, 2.45) is 0 Å². The van der Waals surface area contributed by atoms with Gasteiger partial charge in [-0.2, -0.15) is 31.3 Å². The van der Waals surface area contributed by atoms with Crippen molar-refractivity contribution < 1.29 is 35.7 Å². The summed E-state index contributed by atoms with van der Waals surface area (Å²) in [6, 6.07) is 5.36.